The van der Waals surface area contributed by atoms with Crippen LogP contribution in [-0.2, 0) is 14.1 Å². The zero-order chi connectivity index (χ0) is 24.1. The van der Waals surface area contributed by atoms with Crippen molar-refractivity contribution in [2.24, 2.45) is 23.2 Å². The Kier molecular flexibility index (Phi) is 6.47. The summed E-state index contributed by atoms with van der Waals surface area (Å²) in [5.74, 6) is -2.03. The van der Waals surface area contributed by atoms with Gasteiger partial charge in [0.15, 0.2) is 17.4 Å². The van der Waals surface area contributed by atoms with Gasteiger partial charge in [-0.15, -0.1) is 0 Å². The van der Waals surface area contributed by atoms with Gasteiger partial charge in [-0.05, 0) is 61.5 Å². The molecule has 2 bridgehead atoms. The van der Waals surface area contributed by atoms with E-state index in [1.807, 2.05) is 0 Å². The Balaban J connectivity index is 1.39. The zero-order valence-electron chi connectivity index (χ0n) is 20.1. The Morgan fingerprint density at radius 1 is 1.21 bits per heavy atom. The number of amides is 1. The summed E-state index contributed by atoms with van der Waals surface area (Å²) in [6, 6.07) is 3.39. The van der Waals surface area contributed by atoms with Crippen LogP contribution in [0, 0.1) is 34.8 Å². The zero-order valence-corrected chi connectivity index (χ0v) is 20.1. The summed E-state index contributed by atoms with van der Waals surface area (Å²) in [6.45, 7) is 10.7. The van der Waals surface area contributed by atoms with Gasteiger partial charge in [0.2, 0.25) is 0 Å². The van der Waals surface area contributed by atoms with Crippen molar-refractivity contribution in [3.63, 3.8) is 0 Å². The van der Waals surface area contributed by atoms with Gasteiger partial charge in [-0.3, -0.25) is 9.59 Å². The molecule has 3 aliphatic carbocycles. The van der Waals surface area contributed by atoms with E-state index in [-0.39, 0.29) is 41.7 Å². The van der Waals surface area contributed by atoms with E-state index in [0.717, 1.165) is 25.3 Å². The minimum Gasteiger partial charge on any atom is -0.405 e. The number of hydrogen-bond acceptors (Lipinski definition) is 4. The SMILES string of the molecule is CC(C)C[C@H](CC(=O)CNC(=O)c1cccc(F)c1F)B1O[C@@H]2C[C@@H]3CC(C3(C)C)[C@]2(C)O1. The summed E-state index contributed by atoms with van der Waals surface area (Å²) in [5, 5.41) is 2.42. The second-order valence-corrected chi connectivity index (χ2v) is 11.3. The predicted molar refractivity (Wildman–Crippen MR) is 122 cm³/mol. The number of rotatable bonds is 8. The lowest BCUT2D eigenvalue weighted by molar-refractivity contribution is -0.199. The highest BCUT2D eigenvalue weighted by atomic mass is 19.2. The summed E-state index contributed by atoms with van der Waals surface area (Å²) < 4.78 is 40.2. The molecule has 1 aliphatic heterocycles. The molecule has 1 saturated heterocycles. The average molecular weight is 461 g/mol. The first-order valence-electron chi connectivity index (χ1n) is 12.0. The molecule has 5 rings (SSSR count). The maximum Gasteiger partial charge on any atom is 0.461 e. The predicted octanol–water partition coefficient (Wildman–Crippen LogP) is 4.80. The molecule has 0 radical (unpaired) electrons. The van der Waals surface area contributed by atoms with E-state index in [4.69, 9.17) is 9.31 Å². The monoisotopic (exact) mass is 461 g/mol. The second-order valence-electron chi connectivity index (χ2n) is 11.3. The molecule has 4 fully saturated rings. The van der Waals surface area contributed by atoms with Gasteiger partial charge in [0.05, 0.1) is 23.8 Å². The Morgan fingerprint density at radius 3 is 2.61 bits per heavy atom. The number of carbonyl (C=O) groups is 2. The van der Waals surface area contributed by atoms with Crippen LogP contribution in [0.1, 0.15) is 70.7 Å². The van der Waals surface area contributed by atoms with E-state index < -0.39 is 30.2 Å². The molecule has 1 N–H and O–H groups in total. The molecule has 1 heterocycles. The second kappa shape index (κ2) is 8.77. The quantitative estimate of drug-likeness (QED) is 0.565. The van der Waals surface area contributed by atoms with Gasteiger partial charge in [0.25, 0.3) is 5.91 Å². The fourth-order valence-electron chi connectivity index (χ4n) is 6.32. The van der Waals surface area contributed by atoms with Gasteiger partial charge in [0.1, 0.15) is 0 Å². The van der Waals surface area contributed by atoms with E-state index in [9.17, 15) is 18.4 Å². The van der Waals surface area contributed by atoms with Crippen molar-refractivity contribution in [2.75, 3.05) is 6.54 Å². The molecule has 3 saturated carbocycles. The third kappa shape index (κ3) is 4.36. The summed E-state index contributed by atoms with van der Waals surface area (Å²) in [7, 11) is -0.460. The molecule has 1 aromatic carbocycles. The van der Waals surface area contributed by atoms with Gasteiger partial charge in [-0.2, -0.15) is 0 Å². The van der Waals surface area contributed by atoms with Crippen LogP contribution in [0.4, 0.5) is 8.78 Å². The Hall–Kier alpha value is -1.80. The van der Waals surface area contributed by atoms with Crippen LogP contribution in [0.5, 0.6) is 0 Å². The third-order valence-electron chi connectivity index (χ3n) is 8.26. The van der Waals surface area contributed by atoms with Crippen molar-refractivity contribution in [3.05, 3.63) is 35.4 Å². The largest absolute Gasteiger partial charge is 0.461 e. The first kappa shape index (κ1) is 24.3. The maximum atomic E-state index is 13.9. The number of carbonyl (C=O) groups excluding carboxylic acids is 2. The van der Waals surface area contributed by atoms with Gasteiger partial charge in [-0.1, -0.05) is 33.8 Å². The van der Waals surface area contributed by atoms with Crippen LogP contribution < -0.4 is 5.32 Å². The standard InChI is InChI=1S/C25H34BF2NO4/c1-14(2)9-16(12-17(30)13-29-23(31)18-7-6-8-19(27)22(18)28)26-32-21-11-15-10-20(24(15,3)4)25(21,5)33-26/h6-8,14-16,20-21H,9-13H2,1-5H3,(H,29,31)/t15-,16+,20?,21+,25-/m0/s1. The first-order chi connectivity index (χ1) is 15.4. The van der Waals surface area contributed by atoms with Crippen LogP contribution in [0.25, 0.3) is 0 Å². The Bertz CT molecular complexity index is 939. The molecule has 5 nitrogen and oxygen atoms in total. The van der Waals surface area contributed by atoms with Gasteiger partial charge < -0.3 is 14.6 Å². The highest BCUT2D eigenvalue weighted by Crippen LogP contribution is 2.66. The molecule has 5 atom stereocenters. The summed E-state index contributed by atoms with van der Waals surface area (Å²) in [4.78, 5) is 25.0. The molecule has 1 unspecified atom stereocenters. The van der Waals surface area contributed by atoms with E-state index in [1.54, 1.807) is 0 Å². The fourth-order valence-corrected chi connectivity index (χ4v) is 6.32. The number of ketones is 1. The molecular formula is C25H34BF2NO4. The van der Waals surface area contributed by atoms with Crippen LogP contribution in [0.3, 0.4) is 0 Å². The smallest absolute Gasteiger partial charge is 0.405 e. The van der Waals surface area contributed by atoms with E-state index >= 15 is 0 Å². The molecular weight excluding hydrogens is 427 g/mol. The lowest BCUT2D eigenvalue weighted by atomic mass is 9.43. The first-order valence-corrected chi connectivity index (χ1v) is 12.0. The van der Waals surface area contributed by atoms with Crippen molar-refractivity contribution in [1.82, 2.24) is 5.32 Å². The molecule has 33 heavy (non-hydrogen) atoms. The molecule has 4 aliphatic rings. The van der Waals surface area contributed by atoms with E-state index in [2.05, 4.69) is 39.9 Å². The van der Waals surface area contributed by atoms with Crippen molar-refractivity contribution >= 4 is 18.8 Å². The van der Waals surface area contributed by atoms with Crippen molar-refractivity contribution in [1.29, 1.82) is 0 Å². The lowest BCUT2D eigenvalue weighted by Crippen LogP contribution is -2.65. The molecule has 1 aromatic rings. The van der Waals surface area contributed by atoms with Crippen molar-refractivity contribution < 1.29 is 27.7 Å². The topological polar surface area (TPSA) is 64.6 Å². The lowest BCUT2D eigenvalue weighted by Gasteiger charge is -2.64. The van der Waals surface area contributed by atoms with Crippen LogP contribution in [-0.4, -0.2) is 37.1 Å². The van der Waals surface area contributed by atoms with Crippen molar-refractivity contribution in [2.45, 2.75) is 77.8 Å². The van der Waals surface area contributed by atoms with Crippen LogP contribution in [0.15, 0.2) is 18.2 Å². The van der Waals surface area contributed by atoms with E-state index in [0.29, 0.717) is 17.8 Å². The average Bonchev–Trinajstić information content (AvgIpc) is 3.10. The normalized spacial score (nSPS) is 30.5. The number of nitrogens with one attached hydrogen (secondary N) is 1. The van der Waals surface area contributed by atoms with Crippen LogP contribution in [0.2, 0.25) is 5.82 Å². The number of hydrogen-bond donors (Lipinski definition) is 1. The molecule has 8 heteroatoms. The minimum atomic E-state index is -1.22. The maximum absolute atomic E-state index is 13.9. The number of halogens is 2. The number of Topliss-reactive ketones (excluding diaryl/α,β-unsaturated/α-hetero) is 1. The fraction of sp³-hybridized carbons (Fsp3) is 0.680. The minimum absolute atomic E-state index is 0.0414. The molecule has 0 aromatic heterocycles. The Morgan fingerprint density at radius 2 is 1.94 bits per heavy atom. The van der Waals surface area contributed by atoms with Gasteiger partial charge >= 0.3 is 7.12 Å². The number of benzene rings is 1. The highest BCUT2D eigenvalue weighted by molar-refractivity contribution is 6.47. The summed E-state index contributed by atoms with van der Waals surface area (Å²) in [5.41, 5.74) is -0.518. The van der Waals surface area contributed by atoms with E-state index in [1.165, 1.54) is 12.1 Å². The summed E-state index contributed by atoms with van der Waals surface area (Å²) in [6.07, 6.45) is 3.12. The molecule has 1 amide bonds. The highest BCUT2D eigenvalue weighted by Gasteiger charge is 2.68. The third-order valence-corrected chi connectivity index (χ3v) is 8.26. The molecule has 180 valence electrons. The molecule has 0 spiro atoms. The Labute approximate surface area is 195 Å². The van der Waals surface area contributed by atoms with Gasteiger partial charge in [0, 0.05) is 12.2 Å². The van der Waals surface area contributed by atoms with Crippen molar-refractivity contribution in [3.8, 4) is 0 Å². The van der Waals surface area contributed by atoms with Crippen LogP contribution >= 0.6 is 0 Å². The summed E-state index contributed by atoms with van der Waals surface area (Å²) >= 11 is 0. The van der Waals surface area contributed by atoms with Gasteiger partial charge in [-0.25, -0.2) is 8.78 Å².